The number of aliphatic hydroxyl groups is 1. The molecular formula is C11H13ClN2O2. The van der Waals surface area contributed by atoms with Crippen molar-refractivity contribution in [2.24, 2.45) is 0 Å². The highest BCUT2D eigenvalue weighted by atomic mass is 35.5. The number of amides is 1. The molecule has 1 aromatic rings. The summed E-state index contributed by atoms with van der Waals surface area (Å²) in [5.41, 5.74) is 0.817. The SMILES string of the molecule is O=C(/C=C/c1ccnc(Cl)c1)NCCCO. The van der Waals surface area contributed by atoms with Gasteiger partial charge in [-0.2, -0.15) is 0 Å². The number of rotatable bonds is 5. The largest absolute Gasteiger partial charge is 0.396 e. The maximum absolute atomic E-state index is 11.2. The molecule has 1 heterocycles. The zero-order valence-corrected chi connectivity index (χ0v) is 9.44. The van der Waals surface area contributed by atoms with E-state index in [0.717, 1.165) is 5.56 Å². The number of nitrogens with one attached hydrogen (secondary N) is 1. The minimum absolute atomic E-state index is 0.0734. The Morgan fingerprint density at radius 2 is 2.44 bits per heavy atom. The third-order valence-corrected chi connectivity index (χ3v) is 2.02. The third kappa shape index (κ3) is 4.91. The second-order valence-corrected chi connectivity index (χ2v) is 3.50. The lowest BCUT2D eigenvalue weighted by Gasteiger charge is -1.99. The van der Waals surface area contributed by atoms with E-state index in [4.69, 9.17) is 16.7 Å². The predicted molar refractivity (Wildman–Crippen MR) is 63.0 cm³/mol. The molecule has 16 heavy (non-hydrogen) atoms. The molecule has 0 fully saturated rings. The molecule has 0 aliphatic carbocycles. The normalized spacial score (nSPS) is 10.6. The first-order valence-corrected chi connectivity index (χ1v) is 5.28. The molecule has 0 spiro atoms. The van der Waals surface area contributed by atoms with Gasteiger partial charge in [-0.05, 0) is 30.2 Å². The number of carbonyl (C=O) groups excluding carboxylic acids is 1. The molecule has 0 radical (unpaired) electrons. The topological polar surface area (TPSA) is 62.2 Å². The first-order chi connectivity index (χ1) is 7.72. The first-order valence-electron chi connectivity index (χ1n) is 4.90. The lowest BCUT2D eigenvalue weighted by Crippen LogP contribution is -2.22. The van der Waals surface area contributed by atoms with Gasteiger partial charge in [0.05, 0.1) is 0 Å². The fourth-order valence-corrected chi connectivity index (χ4v) is 1.22. The van der Waals surface area contributed by atoms with Crippen LogP contribution in [0.25, 0.3) is 6.08 Å². The maximum atomic E-state index is 11.2. The molecule has 1 amide bonds. The third-order valence-electron chi connectivity index (χ3n) is 1.81. The molecule has 0 saturated heterocycles. The summed E-state index contributed by atoms with van der Waals surface area (Å²) < 4.78 is 0. The summed E-state index contributed by atoms with van der Waals surface area (Å²) in [6.07, 6.45) is 5.21. The fraction of sp³-hybridized carbons (Fsp3) is 0.273. The second-order valence-electron chi connectivity index (χ2n) is 3.11. The van der Waals surface area contributed by atoms with Crippen LogP contribution in [-0.4, -0.2) is 29.1 Å². The number of carbonyl (C=O) groups is 1. The highest BCUT2D eigenvalue weighted by molar-refractivity contribution is 6.29. The molecular weight excluding hydrogens is 228 g/mol. The van der Waals surface area contributed by atoms with Gasteiger partial charge in [0.15, 0.2) is 0 Å². The molecule has 0 aromatic carbocycles. The lowest BCUT2D eigenvalue weighted by atomic mass is 10.2. The van der Waals surface area contributed by atoms with E-state index in [2.05, 4.69) is 10.3 Å². The Morgan fingerprint density at radius 3 is 3.12 bits per heavy atom. The van der Waals surface area contributed by atoms with Crippen LogP contribution in [0.5, 0.6) is 0 Å². The summed E-state index contributed by atoms with van der Waals surface area (Å²) in [4.78, 5) is 15.1. The monoisotopic (exact) mass is 240 g/mol. The van der Waals surface area contributed by atoms with Crippen molar-refractivity contribution in [3.63, 3.8) is 0 Å². The average Bonchev–Trinajstić information content (AvgIpc) is 2.27. The molecule has 0 aliphatic rings. The Hall–Kier alpha value is -1.39. The number of hydrogen-bond acceptors (Lipinski definition) is 3. The van der Waals surface area contributed by atoms with Gasteiger partial charge in [-0.3, -0.25) is 4.79 Å². The Balaban J connectivity index is 2.44. The molecule has 0 atom stereocenters. The van der Waals surface area contributed by atoms with Gasteiger partial charge in [-0.25, -0.2) is 4.98 Å². The van der Waals surface area contributed by atoms with Gasteiger partial charge in [0.2, 0.25) is 5.91 Å². The van der Waals surface area contributed by atoms with Crippen LogP contribution in [0.4, 0.5) is 0 Å². The van der Waals surface area contributed by atoms with Crippen LogP contribution in [0, 0.1) is 0 Å². The second kappa shape index (κ2) is 6.98. The lowest BCUT2D eigenvalue weighted by molar-refractivity contribution is -0.116. The van der Waals surface area contributed by atoms with Crippen LogP contribution in [0.1, 0.15) is 12.0 Å². The van der Waals surface area contributed by atoms with E-state index in [1.54, 1.807) is 24.4 Å². The van der Waals surface area contributed by atoms with E-state index in [-0.39, 0.29) is 12.5 Å². The summed E-state index contributed by atoms with van der Waals surface area (Å²) in [7, 11) is 0. The minimum Gasteiger partial charge on any atom is -0.396 e. The Morgan fingerprint density at radius 1 is 1.62 bits per heavy atom. The first kappa shape index (κ1) is 12.7. The maximum Gasteiger partial charge on any atom is 0.244 e. The molecule has 86 valence electrons. The van der Waals surface area contributed by atoms with Gasteiger partial charge in [0.25, 0.3) is 0 Å². The smallest absolute Gasteiger partial charge is 0.244 e. The molecule has 0 bridgehead atoms. The van der Waals surface area contributed by atoms with Gasteiger partial charge in [-0.1, -0.05) is 11.6 Å². The number of aromatic nitrogens is 1. The highest BCUT2D eigenvalue weighted by Gasteiger charge is 1.94. The van der Waals surface area contributed by atoms with Crippen LogP contribution in [-0.2, 0) is 4.79 Å². The molecule has 5 heteroatoms. The van der Waals surface area contributed by atoms with Crippen LogP contribution in [0.3, 0.4) is 0 Å². The van der Waals surface area contributed by atoms with E-state index in [0.29, 0.717) is 18.1 Å². The van der Waals surface area contributed by atoms with E-state index in [9.17, 15) is 4.79 Å². The zero-order valence-electron chi connectivity index (χ0n) is 8.69. The molecule has 0 unspecified atom stereocenters. The standard InChI is InChI=1S/C11H13ClN2O2/c12-10-8-9(4-6-13-10)2-3-11(16)14-5-1-7-15/h2-4,6,8,15H,1,5,7H2,(H,14,16)/b3-2+. The van der Waals surface area contributed by atoms with Gasteiger partial charge < -0.3 is 10.4 Å². The van der Waals surface area contributed by atoms with Crippen molar-refractivity contribution >= 4 is 23.6 Å². The van der Waals surface area contributed by atoms with Gasteiger partial charge >= 0.3 is 0 Å². The van der Waals surface area contributed by atoms with E-state index in [1.807, 2.05) is 0 Å². The van der Waals surface area contributed by atoms with Crippen LogP contribution in [0.15, 0.2) is 24.4 Å². The molecule has 1 rings (SSSR count). The quantitative estimate of drug-likeness (QED) is 0.463. The Labute approximate surface area is 99.0 Å². The van der Waals surface area contributed by atoms with Crippen molar-refractivity contribution in [3.8, 4) is 0 Å². The summed E-state index contributed by atoms with van der Waals surface area (Å²) in [6, 6.07) is 3.42. The summed E-state index contributed by atoms with van der Waals surface area (Å²) in [5.74, 6) is -0.193. The Kier molecular flexibility index (Phi) is 5.53. The van der Waals surface area contributed by atoms with E-state index >= 15 is 0 Å². The molecule has 0 saturated carbocycles. The number of pyridine rings is 1. The van der Waals surface area contributed by atoms with Crippen LogP contribution in [0.2, 0.25) is 5.15 Å². The van der Waals surface area contributed by atoms with Crippen molar-refractivity contribution in [1.29, 1.82) is 0 Å². The molecule has 2 N–H and O–H groups in total. The zero-order chi connectivity index (χ0) is 11.8. The summed E-state index contributed by atoms with van der Waals surface area (Å²) in [5, 5.41) is 11.6. The summed E-state index contributed by atoms with van der Waals surface area (Å²) >= 11 is 5.69. The summed E-state index contributed by atoms with van der Waals surface area (Å²) in [6.45, 7) is 0.542. The van der Waals surface area contributed by atoms with Crippen molar-refractivity contribution in [2.45, 2.75) is 6.42 Å². The minimum atomic E-state index is -0.193. The fourth-order valence-electron chi connectivity index (χ4n) is 1.04. The van der Waals surface area contributed by atoms with Gasteiger partial charge in [0, 0.05) is 25.4 Å². The molecule has 1 aromatic heterocycles. The van der Waals surface area contributed by atoms with Crippen molar-refractivity contribution in [3.05, 3.63) is 35.1 Å². The number of aliphatic hydroxyl groups excluding tert-OH is 1. The van der Waals surface area contributed by atoms with Crippen molar-refractivity contribution in [2.75, 3.05) is 13.2 Å². The van der Waals surface area contributed by atoms with Crippen molar-refractivity contribution in [1.82, 2.24) is 10.3 Å². The molecule has 0 aliphatic heterocycles. The van der Waals surface area contributed by atoms with E-state index in [1.165, 1.54) is 6.08 Å². The predicted octanol–water partition coefficient (Wildman–Crippen LogP) is 1.25. The number of hydrogen-bond donors (Lipinski definition) is 2. The van der Waals surface area contributed by atoms with Gasteiger partial charge in [0.1, 0.15) is 5.15 Å². The van der Waals surface area contributed by atoms with Crippen LogP contribution < -0.4 is 5.32 Å². The Bertz CT molecular complexity index is 380. The van der Waals surface area contributed by atoms with Crippen molar-refractivity contribution < 1.29 is 9.90 Å². The number of nitrogens with zero attached hydrogens (tertiary/aromatic N) is 1. The average molecular weight is 241 g/mol. The van der Waals surface area contributed by atoms with E-state index < -0.39 is 0 Å². The van der Waals surface area contributed by atoms with Crippen LogP contribution >= 0.6 is 11.6 Å². The molecule has 4 nitrogen and oxygen atoms in total. The number of halogens is 1. The van der Waals surface area contributed by atoms with Gasteiger partial charge in [-0.15, -0.1) is 0 Å². The highest BCUT2D eigenvalue weighted by Crippen LogP contribution is 2.08.